The maximum absolute atomic E-state index is 12.4. The number of phenols is 1. The SMILES string of the molecule is CN(Cc1nc(-c2ccc(-c3ccc(O)c(C(C)(C)C)c3)cc2C(C)(C)C)cs1)C(=O)OC(C)(C)C. The van der Waals surface area contributed by atoms with Crippen molar-refractivity contribution in [3.05, 3.63) is 57.9 Å². The molecular formula is C30H40N2O3S. The Bertz CT molecular complexity index is 1240. The first-order valence-electron chi connectivity index (χ1n) is 12.3. The fourth-order valence-corrected chi connectivity index (χ4v) is 4.85. The number of rotatable bonds is 4. The van der Waals surface area contributed by atoms with E-state index >= 15 is 0 Å². The topological polar surface area (TPSA) is 62.7 Å². The maximum Gasteiger partial charge on any atom is 0.410 e. The monoisotopic (exact) mass is 508 g/mol. The maximum atomic E-state index is 12.4. The summed E-state index contributed by atoms with van der Waals surface area (Å²) in [5.74, 6) is 0.324. The van der Waals surface area contributed by atoms with Crippen molar-refractivity contribution in [3.8, 4) is 28.1 Å². The molecule has 3 rings (SSSR count). The van der Waals surface area contributed by atoms with E-state index in [1.165, 1.54) is 5.56 Å². The Morgan fingerprint density at radius 1 is 0.917 bits per heavy atom. The molecule has 0 unspecified atom stereocenters. The van der Waals surface area contributed by atoms with Gasteiger partial charge in [-0.3, -0.25) is 0 Å². The Hall–Kier alpha value is -2.86. The van der Waals surface area contributed by atoms with Gasteiger partial charge in [-0.25, -0.2) is 9.78 Å². The predicted molar refractivity (Wildman–Crippen MR) is 150 cm³/mol. The molecular weight excluding hydrogens is 468 g/mol. The van der Waals surface area contributed by atoms with Gasteiger partial charge in [0.2, 0.25) is 0 Å². The van der Waals surface area contributed by atoms with Crippen LogP contribution in [0.1, 0.15) is 78.4 Å². The fourth-order valence-electron chi connectivity index (χ4n) is 4.00. The standard InChI is InChI=1S/C30H40N2O3S/c1-28(2,3)22-15-19(20-12-14-25(33)23(16-20)29(4,5)6)11-13-21(22)24-18-36-26(31-24)17-32(10)27(34)35-30(7,8)9/h11-16,18,33H,17H2,1-10H3. The Kier molecular flexibility index (Phi) is 7.62. The van der Waals surface area contributed by atoms with E-state index in [1.54, 1.807) is 29.4 Å². The van der Waals surface area contributed by atoms with Crippen molar-refractivity contribution < 1.29 is 14.6 Å². The highest BCUT2D eigenvalue weighted by molar-refractivity contribution is 7.09. The molecule has 0 aliphatic heterocycles. The normalized spacial score (nSPS) is 12.5. The van der Waals surface area contributed by atoms with Crippen LogP contribution in [0.2, 0.25) is 0 Å². The number of hydrogen-bond acceptors (Lipinski definition) is 5. The van der Waals surface area contributed by atoms with Gasteiger partial charge in [-0.15, -0.1) is 11.3 Å². The number of benzene rings is 2. The highest BCUT2D eigenvalue weighted by atomic mass is 32.1. The highest BCUT2D eigenvalue weighted by Gasteiger charge is 2.24. The average Bonchev–Trinajstić information content (AvgIpc) is 3.19. The Labute approximate surface area is 220 Å². The third-order valence-electron chi connectivity index (χ3n) is 5.87. The number of amides is 1. The lowest BCUT2D eigenvalue weighted by atomic mass is 9.80. The van der Waals surface area contributed by atoms with Crippen LogP contribution in [0.15, 0.2) is 41.8 Å². The fraction of sp³-hybridized carbons (Fsp3) is 0.467. The molecule has 0 spiro atoms. The number of hydrogen-bond donors (Lipinski definition) is 1. The Morgan fingerprint density at radius 2 is 1.47 bits per heavy atom. The molecule has 0 fully saturated rings. The van der Waals surface area contributed by atoms with Crippen LogP contribution in [0.25, 0.3) is 22.4 Å². The zero-order valence-electron chi connectivity index (χ0n) is 23.3. The third-order valence-corrected chi connectivity index (χ3v) is 6.70. The second-order valence-corrected chi connectivity index (χ2v) is 13.4. The Morgan fingerprint density at radius 3 is 2.03 bits per heavy atom. The molecule has 0 radical (unpaired) electrons. The molecule has 36 heavy (non-hydrogen) atoms. The summed E-state index contributed by atoms with van der Waals surface area (Å²) in [6, 6.07) is 12.3. The zero-order chi connectivity index (χ0) is 27.1. The van der Waals surface area contributed by atoms with Gasteiger partial charge in [0.25, 0.3) is 0 Å². The van der Waals surface area contributed by atoms with Crippen LogP contribution < -0.4 is 0 Å². The molecule has 2 aromatic carbocycles. The van der Waals surface area contributed by atoms with Crippen LogP contribution in [-0.2, 0) is 22.1 Å². The van der Waals surface area contributed by atoms with Crippen LogP contribution in [-0.4, -0.2) is 33.7 Å². The minimum absolute atomic E-state index is 0.105. The molecule has 1 amide bonds. The molecule has 1 N–H and O–H groups in total. The second-order valence-electron chi connectivity index (χ2n) is 12.5. The summed E-state index contributed by atoms with van der Waals surface area (Å²) in [6.07, 6.45) is -0.359. The van der Waals surface area contributed by atoms with Gasteiger partial charge in [0.15, 0.2) is 0 Å². The van der Waals surface area contributed by atoms with E-state index in [-0.39, 0.29) is 16.9 Å². The molecule has 0 saturated carbocycles. The van der Waals surface area contributed by atoms with Gasteiger partial charge in [-0.05, 0) is 72.1 Å². The van der Waals surface area contributed by atoms with Gasteiger partial charge in [0.1, 0.15) is 16.4 Å². The third kappa shape index (κ3) is 6.67. The number of thiazole rings is 1. The van der Waals surface area contributed by atoms with Gasteiger partial charge < -0.3 is 14.7 Å². The molecule has 1 heterocycles. The van der Waals surface area contributed by atoms with Crippen molar-refractivity contribution in [1.29, 1.82) is 0 Å². The lowest BCUT2D eigenvalue weighted by Crippen LogP contribution is -2.33. The number of ether oxygens (including phenoxy) is 1. The summed E-state index contributed by atoms with van der Waals surface area (Å²) in [4.78, 5) is 18.8. The summed E-state index contributed by atoms with van der Waals surface area (Å²) < 4.78 is 5.47. The van der Waals surface area contributed by atoms with E-state index in [0.29, 0.717) is 12.3 Å². The Balaban J connectivity index is 1.95. The summed E-state index contributed by atoms with van der Waals surface area (Å²) in [5, 5.41) is 13.3. The molecule has 0 saturated heterocycles. The van der Waals surface area contributed by atoms with E-state index in [2.05, 4.69) is 71.2 Å². The molecule has 6 heteroatoms. The lowest BCUT2D eigenvalue weighted by Gasteiger charge is -2.25. The lowest BCUT2D eigenvalue weighted by molar-refractivity contribution is 0.0285. The molecule has 1 aromatic heterocycles. The van der Waals surface area contributed by atoms with Crippen molar-refractivity contribution in [3.63, 3.8) is 0 Å². The molecule has 0 atom stereocenters. The number of nitrogens with zero attached hydrogens (tertiary/aromatic N) is 2. The average molecular weight is 509 g/mol. The van der Waals surface area contributed by atoms with Gasteiger partial charge in [-0.1, -0.05) is 59.7 Å². The van der Waals surface area contributed by atoms with Crippen LogP contribution in [0.4, 0.5) is 4.79 Å². The van der Waals surface area contributed by atoms with E-state index in [4.69, 9.17) is 9.72 Å². The summed E-state index contributed by atoms with van der Waals surface area (Å²) in [5.41, 5.74) is 5.51. The van der Waals surface area contributed by atoms with E-state index < -0.39 is 5.60 Å². The minimum Gasteiger partial charge on any atom is -0.508 e. The van der Waals surface area contributed by atoms with Crippen molar-refractivity contribution in [2.45, 2.75) is 85.3 Å². The quantitative estimate of drug-likeness (QED) is 0.386. The number of carbonyl (C=O) groups is 1. The van der Waals surface area contributed by atoms with E-state index in [1.807, 2.05) is 26.8 Å². The summed E-state index contributed by atoms with van der Waals surface area (Å²) >= 11 is 1.55. The van der Waals surface area contributed by atoms with Gasteiger partial charge in [0.05, 0.1) is 12.2 Å². The molecule has 5 nitrogen and oxygen atoms in total. The second kappa shape index (κ2) is 9.89. The molecule has 3 aromatic rings. The number of aromatic nitrogens is 1. The number of aromatic hydroxyl groups is 1. The predicted octanol–water partition coefficient (Wildman–Crippen LogP) is 8.14. The molecule has 0 bridgehead atoms. The highest BCUT2D eigenvalue weighted by Crippen LogP contribution is 2.39. The van der Waals surface area contributed by atoms with Crippen LogP contribution in [0.3, 0.4) is 0 Å². The van der Waals surface area contributed by atoms with Gasteiger partial charge in [0, 0.05) is 18.0 Å². The first-order chi connectivity index (χ1) is 16.5. The molecule has 0 aliphatic rings. The van der Waals surface area contributed by atoms with Crippen molar-refractivity contribution >= 4 is 17.4 Å². The van der Waals surface area contributed by atoms with Crippen molar-refractivity contribution in [1.82, 2.24) is 9.88 Å². The first kappa shape index (κ1) is 27.7. The van der Waals surface area contributed by atoms with Gasteiger partial charge >= 0.3 is 6.09 Å². The minimum atomic E-state index is -0.534. The van der Waals surface area contributed by atoms with Crippen LogP contribution in [0.5, 0.6) is 5.75 Å². The smallest absolute Gasteiger partial charge is 0.410 e. The largest absolute Gasteiger partial charge is 0.508 e. The van der Waals surface area contributed by atoms with Crippen LogP contribution in [0, 0.1) is 0 Å². The number of phenolic OH excluding ortho intramolecular Hbond substituents is 1. The van der Waals surface area contributed by atoms with Gasteiger partial charge in [-0.2, -0.15) is 0 Å². The molecule has 0 aliphatic carbocycles. The summed E-state index contributed by atoms with van der Waals surface area (Å²) in [6.45, 7) is 18.9. The number of carbonyl (C=O) groups excluding carboxylic acids is 1. The molecule has 194 valence electrons. The van der Waals surface area contributed by atoms with Crippen molar-refractivity contribution in [2.24, 2.45) is 0 Å². The first-order valence-corrected chi connectivity index (χ1v) is 13.2. The summed E-state index contributed by atoms with van der Waals surface area (Å²) in [7, 11) is 1.73. The zero-order valence-corrected chi connectivity index (χ0v) is 24.1. The van der Waals surface area contributed by atoms with Crippen molar-refractivity contribution in [2.75, 3.05) is 7.05 Å². The van der Waals surface area contributed by atoms with E-state index in [9.17, 15) is 9.90 Å². The van der Waals surface area contributed by atoms with Crippen LogP contribution >= 0.6 is 11.3 Å². The van der Waals surface area contributed by atoms with E-state index in [0.717, 1.165) is 33.0 Å².